The first-order valence-corrected chi connectivity index (χ1v) is 14.9. The van der Waals surface area contributed by atoms with Crippen LogP contribution in [0.4, 0.5) is 4.79 Å². The topological polar surface area (TPSA) is 196 Å². The zero-order valence-corrected chi connectivity index (χ0v) is 25.9. The third-order valence-electron chi connectivity index (χ3n) is 7.26. The molecule has 16 nitrogen and oxygen atoms in total. The Hall–Kier alpha value is -6.20. The van der Waals surface area contributed by atoms with Gasteiger partial charge in [-0.2, -0.15) is 4.98 Å². The van der Waals surface area contributed by atoms with Crippen LogP contribution in [-0.2, 0) is 29.5 Å². The van der Waals surface area contributed by atoms with Gasteiger partial charge in [-0.05, 0) is 47.0 Å². The van der Waals surface area contributed by atoms with Gasteiger partial charge >= 0.3 is 12.1 Å². The maximum absolute atomic E-state index is 12.4. The number of ether oxygens (including phenoxy) is 3. The summed E-state index contributed by atoms with van der Waals surface area (Å²) in [5, 5.41) is 39.4. The molecule has 0 aliphatic rings. The van der Waals surface area contributed by atoms with Crippen molar-refractivity contribution < 1.29 is 44.2 Å². The molecule has 0 spiro atoms. The molecule has 0 atom stereocenters. The van der Waals surface area contributed by atoms with Crippen molar-refractivity contribution in [1.82, 2.24) is 35.1 Å². The molecule has 250 valence electrons. The highest BCUT2D eigenvalue weighted by atomic mass is 17.1. The summed E-state index contributed by atoms with van der Waals surface area (Å²) >= 11 is 0. The molecule has 4 aromatic carbocycles. The van der Waals surface area contributed by atoms with E-state index in [4.69, 9.17) is 24.6 Å². The molecule has 0 aliphatic carbocycles. The Bertz CT molecular complexity index is 2090. The van der Waals surface area contributed by atoms with Gasteiger partial charge in [-0.15, -0.1) is 15.0 Å². The Kier molecular flexibility index (Phi) is 9.82. The normalized spacial score (nSPS) is 11.2. The van der Waals surface area contributed by atoms with Gasteiger partial charge in [0.15, 0.2) is 0 Å². The maximum atomic E-state index is 12.4. The highest BCUT2D eigenvalue weighted by Crippen LogP contribution is 2.31. The van der Waals surface area contributed by atoms with Crippen molar-refractivity contribution >= 4 is 23.2 Å². The van der Waals surface area contributed by atoms with Crippen LogP contribution in [0.1, 0.15) is 28.4 Å². The van der Waals surface area contributed by atoms with Gasteiger partial charge in [0.2, 0.25) is 12.6 Å². The number of aromatic nitrogens is 6. The van der Waals surface area contributed by atoms with E-state index >= 15 is 0 Å². The summed E-state index contributed by atoms with van der Waals surface area (Å²) in [6.45, 7) is 1.88. The van der Waals surface area contributed by atoms with Gasteiger partial charge in [-0.1, -0.05) is 72.8 Å². The summed E-state index contributed by atoms with van der Waals surface area (Å²) in [6.07, 6.45) is -1.05. The van der Waals surface area contributed by atoms with Crippen molar-refractivity contribution in [3.8, 4) is 34.3 Å². The first-order valence-electron chi connectivity index (χ1n) is 14.9. The summed E-state index contributed by atoms with van der Waals surface area (Å²) in [7, 11) is 0. The number of imidazole rings is 1. The molecular formula is C33H29N7O9. The molecule has 16 heteroatoms. The number of carboxylic acid groups (broad SMARTS) is 1. The standard InChI is InChI=1S/C33H29N7O9/c1-2-46-32-34-27-12-7-11-26(31(41)42)29(27)38(32)18-21-14-16-22(17-15-21)24-9-4-5-10-25(24)30-35-37-39(36-30)20-47-33(43)49-28-13-6-3-8-23(28)19-48-40(44)45/h3-17,44-45H,2,18-20H2,1H3,(H,41,42). The Balaban J connectivity index is 1.16. The predicted octanol–water partition coefficient (Wildman–Crippen LogP) is 5.19. The average molecular weight is 668 g/mol. The molecule has 0 bridgehead atoms. The van der Waals surface area contributed by atoms with Crippen LogP contribution in [0.15, 0.2) is 91.0 Å². The Morgan fingerprint density at radius 2 is 1.65 bits per heavy atom. The van der Waals surface area contributed by atoms with Crippen molar-refractivity contribution in [2.75, 3.05) is 6.61 Å². The van der Waals surface area contributed by atoms with Crippen LogP contribution in [0.25, 0.3) is 33.5 Å². The number of hydrogen-bond acceptors (Lipinski definition) is 13. The number of nitrogens with zero attached hydrogens (tertiary/aromatic N) is 7. The largest absolute Gasteiger partial charge is 0.515 e. The monoisotopic (exact) mass is 667 g/mol. The molecule has 0 aliphatic heterocycles. The zero-order valence-electron chi connectivity index (χ0n) is 25.9. The molecule has 0 saturated carbocycles. The second kappa shape index (κ2) is 14.7. The van der Waals surface area contributed by atoms with E-state index in [0.29, 0.717) is 47.1 Å². The molecule has 0 unspecified atom stereocenters. The van der Waals surface area contributed by atoms with Crippen molar-refractivity contribution in [1.29, 1.82) is 0 Å². The molecule has 2 aromatic heterocycles. The molecule has 6 aromatic rings. The van der Waals surface area contributed by atoms with E-state index in [1.165, 1.54) is 6.07 Å². The van der Waals surface area contributed by atoms with Gasteiger partial charge in [0.05, 0.1) is 35.1 Å². The minimum absolute atomic E-state index is 0.0969. The number of carboxylic acids is 1. The SMILES string of the molecule is CCOc1nc2cccc(C(=O)O)c2n1Cc1ccc(-c2ccccc2-c2nnn(COC(=O)Oc3ccccc3CON(O)O)n2)cc1. The van der Waals surface area contributed by atoms with E-state index in [1.807, 2.05) is 55.5 Å². The van der Waals surface area contributed by atoms with Gasteiger partial charge in [0.1, 0.15) is 12.4 Å². The van der Waals surface area contributed by atoms with E-state index in [0.717, 1.165) is 21.5 Å². The first kappa shape index (κ1) is 32.7. The van der Waals surface area contributed by atoms with Crippen LogP contribution >= 0.6 is 0 Å². The van der Waals surface area contributed by atoms with Crippen LogP contribution in [0.2, 0.25) is 0 Å². The molecule has 2 heterocycles. The number of carbonyl (C=O) groups excluding carboxylic acids is 1. The average Bonchev–Trinajstić information content (AvgIpc) is 3.72. The van der Waals surface area contributed by atoms with Gasteiger partial charge < -0.3 is 19.3 Å². The van der Waals surface area contributed by atoms with Gasteiger partial charge in [-0.25, -0.2) is 14.4 Å². The van der Waals surface area contributed by atoms with Crippen molar-refractivity contribution in [3.05, 3.63) is 108 Å². The van der Waals surface area contributed by atoms with E-state index in [2.05, 4.69) is 25.2 Å². The van der Waals surface area contributed by atoms with Crippen LogP contribution < -0.4 is 9.47 Å². The van der Waals surface area contributed by atoms with Gasteiger partial charge in [0, 0.05) is 11.1 Å². The molecule has 49 heavy (non-hydrogen) atoms. The molecule has 0 radical (unpaired) electrons. The number of tetrazole rings is 1. The van der Waals surface area contributed by atoms with Crippen LogP contribution in [0.5, 0.6) is 11.8 Å². The minimum atomic E-state index is -1.05. The Labute approximate surface area is 277 Å². The Morgan fingerprint density at radius 1 is 0.898 bits per heavy atom. The molecule has 6 rings (SSSR count). The number of rotatable bonds is 13. The maximum Gasteiger partial charge on any atom is 0.515 e. The smallest absolute Gasteiger partial charge is 0.478 e. The highest BCUT2D eigenvalue weighted by molar-refractivity contribution is 6.01. The second-order valence-electron chi connectivity index (χ2n) is 10.4. The third-order valence-corrected chi connectivity index (χ3v) is 7.26. The fourth-order valence-electron chi connectivity index (χ4n) is 5.11. The lowest BCUT2D eigenvalue weighted by molar-refractivity contribution is -0.497. The van der Waals surface area contributed by atoms with Gasteiger partial charge in [-0.3, -0.25) is 15.0 Å². The molecule has 0 fully saturated rings. The van der Waals surface area contributed by atoms with Crippen molar-refractivity contribution in [3.63, 3.8) is 0 Å². The summed E-state index contributed by atoms with van der Waals surface area (Å²) < 4.78 is 17.9. The number of para-hydroxylation sites is 2. The van der Waals surface area contributed by atoms with Gasteiger partial charge in [0.25, 0.3) is 6.01 Å². The lowest BCUT2D eigenvalue weighted by Gasteiger charge is -2.12. The van der Waals surface area contributed by atoms with Crippen LogP contribution in [0.3, 0.4) is 0 Å². The molecular weight excluding hydrogens is 638 g/mol. The molecule has 3 N–H and O–H groups in total. The lowest BCUT2D eigenvalue weighted by atomic mass is 9.98. The van der Waals surface area contributed by atoms with Crippen molar-refractivity contribution in [2.45, 2.75) is 26.8 Å². The fraction of sp³-hybridized carbons (Fsp3) is 0.152. The highest BCUT2D eigenvalue weighted by Gasteiger charge is 2.20. The quantitative estimate of drug-likeness (QED) is 0.0827. The molecule has 0 saturated heterocycles. The number of carbonyl (C=O) groups is 2. The fourth-order valence-corrected chi connectivity index (χ4v) is 5.11. The van der Waals surface area contributed by atoms with Crippen molar-refractivity contribution in [2.24, 2.45) is 0 Å². The Morgan fingerprint density at radius 3 is 2.41 bits per heavy atom. The number of benzene rings is 4. The number of hydrogen-bond donors (Lipinski definition) is 3. The van der Waals surface area contributed by atoms with E-state index in [9.17, 15) is 14.7 Å². The number of fused-ring (bicyclic) bond motifs is 1. The first-order chi connectivity index (χ1) is 23.8. The van der Waals surface area contributed by atoms with E-state index in [1.54, 1.807) is 41.0 Å². The third kappa shape index (κ3) is 7.53. The number of aromatic carboxylic acids is 1. The summed E-state index contributed by atoms with van der Waals surface area (Å²) in [6, 6.07) is 26.9. The summed E-state index contributed by atoms with van der Waals surface area (Å²) in [5.74, 6) is -0.657. The lowest BCUT2D eigenvalue weighted by Crippen LogP contribution is -2.17. The summed E-state index contributed by atoms with van der Waals surface area (Å²) in [5.41, 5.74) is 4.79. The van der Waals surface area contributed by atoms with E-state index < -0.39 is 24.2 Å². The summed E-state index contributed by atoms with van der Waals surface area (Å²) in [4.78, 5) is 34.5. The van der Waals surface area contributed by atoms with E-state index in [-0.39, 0.29) is 17.9 Å². The second-order valence-corrected chi connectivity index (χ2v) is 10.4. The van der Waals surface area contributed by atoms with Crippen LogP contribution in [0, 0.1) is 0 Å². The molecule has 0 amide bonds. The minimum Gasteiger partial charge on any atom is -0.478 e. The zero-order chi connectivity index (χ0) is 34.3. The van der Waals surface area contributed by atoms with Crippen LogP contribution in [-0.4, -0.2) is 69.4 Å². The predicted molar refractivity (Wildman–Crippen MR) is 169 cm³/mol.